The van der Waals surface area contributed by atoms with Gasteiger partial charge >= 0.3 is 0 Å². The first-order chi connectivity index (χ1) is 1.41. The minimum atomic E-state index is 0. The molecule has 0 fully saturated rings. The van der Waals surface area contributed by atoms with E-state index in [1.54, 1.807) is 0 Å². The first-order valence-electron chi connectivity index (χ1n) is 0.666. The summed E-state index contributed by atoms with van der Waals surface area (Å²) >= 11 is 0. The van der Waals surface area contributed by atoms with E-state index in [0.29, 0.717) is 0 Å². The predicted molar refractivity (Wildman–Crippen MR) is 12.8 cm³/mol. The minimum Gasteiger partial charge on any atom is -0.516 e. The third kappa shape index (κ3) is 17.2. The summed E-state index contributed by atoms with van der Waals surface area (Å²) in [7, 11) is 0. The third-order valence-corrected chi connectivity index (χ3v) is 0. The van der Waals surface area contributed by atoms with Gasteiger partial charge in [-0.25, -0.2) is 0 Å². The van der Waals surface area contributed by atoms with Gasteiger partial charge in [0, 0.05) is 32.7 Å². The Kier molecular flexibility index (Phi) is 20.8. The molecule has 1 radical (unpaired) electrons. The second kappa shape index (κ2) is 9.43. The average Bonchev–Trinajstić information content (AvgIpc) is 0.918. The minimum absolute atomic E-state index is 0. The van der Waals surface area contributed by atoms with Gasteiger partial charge in [0.1, 0.15) is 0 Å². The van der Waals surface area contributed by atoms with Crippen LogP contribution >= 0.6 is 0 Å². The molecule has 0 aliphatic rings. The van der Waals surface area contributed by atoms with Gasteiger partial charge in [0.2, 0.25) is 0 Å². The fourth-order valence-corrected chi connectivity index (χ4v) is 0. The van der Waals surface area contributed by atoms with Crippen LogP contribution in [0, 0.1) is 0 Å². The van der Waals surface area contributed by atoms with E-state index in [1.807, 2.05) is 0 Å². The van der Waals surface area contributed by atoms with Crippen molar-refractivity contribution in [3.8, 4) is 0 Å². The zero-order valence-corrected chi connectivity index (χ0v) is 5.15. The van der Waals surface area contributed by atoms with E-state index in [2.05, 4.69) is 6.58 Å². The van der Waals surface area contributed by atoms with E-state index in [1.165, 1.54) is 0 Å². The van der Waals surface area contributed by atoms with Gasteiger partial charge in [-0.2, -0.15) is 0 Å². The normalized spacial score (nSPS) is 3.00. The van der Waals surface area contributed by atoms with Crippen LogP contribution in [0.1, 0.15) is 0 Å². The van der Waals surface area contributed by atoms with Crippen molar-refractivity contribution < 1.29 is 37.8 Å². The fraction of sp³-hybridized carbons (Fsp3) is 0. The molecule has 21 valence electrons. The van der Waals surface area contributed by atoms with Crippen molar-refractivity contribution in [2.24, 2.45) is 0 Å². The van der Waals surface area contributed by atoms with Crippen molar-refractivity contribution in [1.29, 1.82) is 0 Å². The van der Waals surface area contributed by atoms with Gasteiger partial charge in [-0.15, -0.1) is 0 Å². The van der Waals surface area contributed by atoms with Crippen molar-refractivity contribution in [1.82, 2.24) is 0 Å². The molecule has 0 aromatic carbocycles. The zero-order chi connectivity index (χ0) is 2.71. The molecule has 0 unspecified atom stereocenters. The van der Waals surface area contributed by atoms with E-state index >= 15 is 0 Å². The zero-order valence-electron chi connectivity index (χ0n) is 2.31. The van der Waals surface area contributed by atoms with Gasteiger partial charge < -0.3 is 5.11 Å². The summed E-state index contributed by atoms with van der Waals surface area (Å²) in [6.07, 6.45) is 0.750. The fourth-order valence-electron chi connectivity index (χ4n) is 0. The van der Waals surface area contributed by atoms with Gasteiger partial charge in [-0.05, 0) is 0 Å². The molecule has 0 saturated heterocycles. The van der Waals surface area contributed by atoms with Gasteiger partial charge in [0.25, 0.3) is 0 Å². The molecule has 1 nitrogen and oxygen atoms in total. The van der Waals surface area contributed by atoms with Gasteiger partial charge in [-0.1, -0.05) is 6.58 Å². The Morgan fingerprint density at radius 2 is 1.75 bits per heavy atom. The molecule has 0 saturated carbocycles. The molecule has 2 heteroatoms. The quantitative estimate of drug-likeness (QED) is 0.482. The van der Waals surface area contributed by atoms with Gasteiger partial charge in [0.05, 0.1) is 6.26 Å². The van der Waals surface area contributed by atoms with E-state index in [0.717, 1.165) is 6.26 Å². The molecule has 0 aliphatic heterocycles. The Bertz CT molecular complexity index is 13.5. The number of hydrogen-bond acceptors (Lipinski definition) is 1. The van der Waals surface area contributed by atoms with Crippen LogP contribution in [-0.4, -0.2) is 5.11 Å². The maximum Gasteiger partial charge on any atom is 0.0719 e. The second-order valence-electron chi connectivity index (χ2n) is 0.183. The molecule has 4 heavy (non-hydrogen) atoms. The van der Waals surface area contributed by atoms with Crippen LogP contribution in [0.15, 0.2) is 12.8 Å². The molecule has 0 aliphatic carbocycles. The molecular weight excluding hydrogens is 129 g/mol. The van der Waals surface area contributed by atoms with E-state index < -0.39 is 0 Å². The van der Waals surface area contributed by atoms with Crippen molar-refractivity contribution >= 4 is 0 Å². The van der Waals surface area contributed by atoms with Crippen LogP contribution in [0.2, 0.25) is 0 Å². The Hall–Kier alpha value is 0.644. The molecule has 0 heterocycles. The van der Waals surface area contributed by atoms with Crippen LogP contribution in [-0.2, 0) is 32.7 Å². The van der Waals surface area contributed by atoms with Crippen molar-refractivity contribution in [3.63, 3.8) is 0 Å². The van der Waals surface area contributed by atoms with E-state index in [9.17, 15) is 0 Å². The SMILES string of the molecule is C=CO.[Y]. The summed E-state index contributed by atoms with van der Waals surface area (Å²) in [5.74, 6) is 0. The van der Waals surface area contributed by atoms with Crippen LogP contribution in [0.5, 0.6) is 0 Å². The standard InChI is InChI=1S/C2H4O.Y/c1-2-3;/h2-3H,1H2;. The molecule has 0 bridgehead atoms. The molecule has 0 atom stereocenters. The van der Waals surface area contributed by atoms with Crippen LogP contribution < -0.4 is 0 Å². The first kappa shape index (κ1) is 8.82. The molecule has 0 spiro atoms. The second-order valence-corrected chi connectivity index (χ2v) is 0.183. The summed E-state index contributed by atoms with van der Waals surface area (Å²) in [4.78, 5) is 0. The average molecular weight is 133 g/mol. The molecular formula is C2H4OY. The molecule has 0 aromatic rings. The summed E-state index contributed by atoms with van der Waals surface area (Å²) in [5.41, 5.74) is 0. The van der Waals surface area contributed by atoms with E-state index in [-0.39, 0.29) is 32.7 Å². The summed E-state index contributed by atoms with van der Waals surface area (Å²) in [5, 5.41) is 7.33. The molecule has 1 N–H and O–H groups in total. The first-order valence-corrected chi connectivity index (χ1v) is 0.666. The van der Waals surface area contributed by atoms with Crippen LogP contribution in [0.3, 0.4) is 0 Å². The van der Waals surface area contributed by atoms with Crippen molar-refractivity contribution in [2.75, 3.05) is 0 Å². The molecule has 0 rings (SSSR count). The Morgan fingerprint density at radius 3 is 1.75 bits per heavy atom. The Morgan fingerprint density at radius 1 is 1.75 bits per heavy atom. The van der Waals surface area contributed by atoms with Crippen LogP contribution in [0.25, 0.3) is 0 Å². The third-order valence-electron chi connectivity index (χ3n) is 0. The number of aliphatic hydroxyl groups excluding tert-OH is 1. The Labute approximate surface area is 50.6 Å². The van der Waals surface area contributed by atoms with Crippen molar-refractivity contribution in [2.45, 2.75) is 0 Å². The summed E-state index contributed by atoms with van der Waals surface area (Å²) < 4.78 is 0. The van der Waals surface area contributed by atoms with Crippen LogP contribution in [0.4, 0.5) is 0 Å². The number of hydrogen-bond donors (Lipinski definition) is 1. The maximum atomic E-state index is 7.33. The maximum absolute atomic E-state index is 7.33. The summed E-state index contributed by atoms with van der Waals surface area (Å²) in [6, 6.07) is 0. The van der Waals surface area contributed by atoms with E-state index in [4.69, 9.17) is 5.11 Å². The number of aliphatic hydroxyl groups is 1. The largest absolute Gasteiger partial charge is 0.516 e. The smallest absolute Gasteiger partial charge is 0.0719 e. The molecule has 0 amide bonds. The predicted octanol–water partition coefficient (Wildman–Crippen LogP) is 0.685. The summed E-state index contributed by atoms with van der Waals surface area (Å²) in [6.45, 7) is 2.92. The molecule has 0 aromatic heterocycles. The monoisotopic (exact) mass is 133 g/mol. The van der Waals surface area contributed by atoms with Gasteiger partial charge in [-0.3, -0.25) is 0 Å². The van der Waals surface area contributed by atoms with Crippen molar-refractivity contribution in [3.05, 3.63) is 12.8 Å². The Balaban J connectivity index is 0. The number of rotatable bonds is 0. The topological polar surface area (TPSA) is 20.2 Å². The van der Waals surface area contributed by atoms with Gasteiger partial charge in [0.15, 0.2) is 0 Å².